The number of fused-ring (bicyclic) bond motifs is 1. The van der Waals surface area contributed by atoms with E-state index >= 15 is 0 Å². The molecular weight excluding hydrogens is 680 g/mol. The number of piperidine rings is 1. The number of aryl methyl sites for hydroxylation is 2. The number of imide groups is 1. The van der Waals surface area contributed by atoms with Gasteiger partial charge in [0.25, 0.3) is 0 Å². The summed E-state index contributed by atoms with van der Waals surface area (Å²) in [6, 6.07) is 16.4. The molecule has 3 fully saturated rings. The van der Waals surface area contributed by atoms with Crippen LogP contribution in [0.3, 0.4) is 0 Å². The average molecular weight is 723 g/mol. The molecular formula is C38H43ClN10O3. The van der Waals surface area contributed by atoms with Crippen molar-refractivity contribution >= 4 is 51.8 Å². The van der Waals surface area contributed by atoms with Gasteiger partial charge in [-0.3, -0.25) is 24.6 Å². The lowest BCUT2D eigenvalue weighted by molar-refractivity contribution is -0.120. The lowest BCUT2D eigenvalue weighted by Crippen LogP contribution is -2.53. The van der Waals surface area contributed by atoms with Gasteiger partial charge in [-0.1, -0.05) is 11.6 Å². The number of pyridine rings is 1. The van der Waals surface area contributed by atoms with Gasteiger partial charge in [0, 0.05) is 88.6 Å². The van der Waals surface area contributed by atoms with Gasteiger partial charge in [0.15, 0.2) is 11.4 Å². The van der Waals surface area contributed by atoms with Gasteiger partial charge < -0.3 is 19.5 Å². The molecule has 3 amide bonds. The number of H-pyrrole nitrogens is 1. The molecule has 0 bridgehead atoms. The largest absolute Gasteiger partial charge is 0.453 e. The lowest BCUT2D eigenvalue weighted by atomic mass is 9.95. The second-order valence-electron chi connectivity index (χ2n) is 14.1. The van der Waals surface area contributed by atoms with E-state index in [0.29, 0.717) is 58.4 Å². The number of carbonyl (C=O) groups excluding carboxylic acids is 2. The molecule has 14 heteroatoms. The highest BCUT2D eigenvalue weighted by molar-refractivity contribution is 6.32. The molecule has 2 N–H and O–H groups in total. The van der Waals surface area contributed by atoms with E-state index < -0.39 is 0 Å². The van der Waals surface area contributed by atoms with E-state index in [1.807, 2.05) is 44.4 Å². The standard InChI is InChI=1S/C38H43ClN10O3/c1-24-21-46(22-26-12-15-47(16-13-26)27-4-6-29(7-5-27)49-17-14-33(50)41-38(49)51)18-19-48(24)28-8-10-30(11-9-28)52-35-32(39)20-40-37-34(35)42-36(43-37)31-23-45(3)44-25(31)2/h4-11,20,23-24,26H,12-19,21-22H2,1-3H3,(H,40,42,43)(H,41,50,51)/t24-/m1/s1. The molecule has 0 unspecified atom stereocenters. The van der Waals surface area contributed by atoms with E-state index in [0.717, 1.165) is 69.1 Å². The SMILES string of the molecule is Cc1nn(C)cc1-c1nc2ncc(Cl)c(Oc3ccc(N4CCN(CC5CCN(c6ccc(N7CCC(=O)NC7=O)cc6)CC5)C[C@H]4C)cc3)c2[nH]1. The number of halogens is 1. The Morgan fingerprint density at radius 1 is 0.942 bits per heavy atom. The van der Waals surface area contributed by atoms with Crippen LogP contribution in [-0.2, 0) is 11.8 Å². The topological polar surface area (TPSA) is 128 Å². The highest BCUT2D eigenvalue weighted by Gasteiger charge is 2.29. The van der Waals surface area contributed by atoms with Crippen LogP contribution in [0.25, 0.3) is 22.6 Å². The summed E-state index contributed by atoms with van der Waals surface area (Å²) in [5.41, 5.74) is 6.12. The number of aromatic amines is 1. The maximum absolute atomic E-state index is 12.2. The van der Waals surface area contributed by atoms with Crippen molar-refractivity contribution < 1.29 is 14.3 Å². The van der Waals surface area contributed by atoms with Gasteiger partial charge in [0.2, 0.25) is 5.91 Å². The third-order valence-electron chi connectivity index (χ3n) is 10.5. The van der Waals surface area contributed by atoms with Gasteiger partial charge in [0.1, 0.15) is 22.1 Å². The zero-order valence-corrected chi connectivity index (χ0v) is 30.4. The highest BCUT2D eigenvalue weighted by atomic mass is 35.5. The maximum atomic E-state index is 12.2. The fourth-order valence-corrected chi connectivity index (χ4v) is 7.95. The summed E-state index contributed by atoms with van der Waals surface area (Å²) in [7, 11) is 1.88. The molecule has 3 aromatic heterocycles. The molecule has 5 aromatic rings. The number of nitrogens with zero attached hydrogens (tertiary/aromatic N) is 8. The molecule has 0 spiro atoms. The summed E-state index contributed by atoms with van der Waals surface area (Å²) in [6.07, 6.45) is 6.14. The molecule has 1 atom stereocenters. The van der Waals surface area contributed by atoms with Crippen molar-refractivity contribution in [3.63, 3.8) is 0 Å². The number of nitrogens with one attached hydrogen (secondary N) is 2. The van der Waals surface area contributed by atoms with Crippen LogP contribution in [0.5, 0.6) is 11.5 Å². The smallest absolute Gasteiger partial charge is 0.328 e. The van der Waals surface area contributed by atoms with Crippen LogP contribution in [0, 0.1) is 12.8 Å². The van der Waals surface area contributed by atoms with Crippen molar-refractivity contribution in [1.29, 1.82) is 0 Å². The van der Waals surface area contributed by atoms with Crippen LogP contribution in [-0.4, -0.2) is 93.4 Å². The Morgan fingerprint density at radius 3 is 2.37 bits per heavy atom. The Balaban J connectivity index is 0.836. The van der Waals surface area contributed by atoms with E-state index in [9.17, 15) is 9.59 Å². The third kappa shape index (κ3) is 6.90. The number of urea groups is 1. The van der Waals surface area contributed by atoms with Crippen LogP contribution in [0.15, 0.2) is 60.9 Å². The molecule has 3 aliphatic heterocycles. The van der Waals surface area contributed by atoms with Gasteiger partial charge in [0.05, 0.1) is 17.5 Å². The Bertz CT molecular complexity index is 2090. The van der Waals surface area contributed by atoms with E-state index in [4.69, 9.17) is 16.3 Å². The van der Waals surface area contributed by atoms with Crippen molar-refractivity contribution in [1.82, 2.24) is 34.9 Å². The van der Waals surface area contributed by atoms with E-state index in [2.05, 4.69) is 71.3 Å². The van der Waals surface area contributed by atoms with Crippen molar-refractivity contribution in [2.24, 2.45) is 13.0 Å². The van der Waals surface area contributed by atoms with Gasteiger partial charge in [-0.2, -0.15) is 5.10 Å². The number of imidazole rings is 1. The fourth-order valence-electron chi connectivity index (χ4n) is 7.77. The lowest BCUT2D eigenvalue weighted by Gasteiger charge is -2.43. The summed E-state index contributed by atoms with van der Waals surface area (Å²) in [6.45, 7) is 10.9. The number of hydrogen-bond acceptors (Lipinski definition) is 9. The molecule has 6 heterocycles. The quantitative estimate of drug-likeness (QED) is 0.199. The monoisotopic (exact) mass is 722 g/mol. The second kappa shape index (κ2) is 14.1. The average Bonchev–Trinajstić information content (AvgIpc) is 3.72. The zero-order chi connectivity index (χ0) is 35.9. The Labute approximate surface area is 307 Å². The molecule has 3 aliphatic rings. The first-order valence-electron chi connectivity index (χ1n) is 18.0. The number of anilines is 3. The number of ether oxygens (including phenoxy) is 1. The molecule has 270 valence electrons. The predicted octanol–water partition coefficient (Wildman–Crippen LogP) is 5.99. The summed E-state index contributed by atoms with van der Waals surface area (Å²) in [4.78, 5) is 45.3. The summed E-state index contributed by atoms with van der Waals surface area (Å²) in [5.74, 6) is 2.31. The first-order valence-corrected chi connectivity index (χ1v) is 18.3. The number of piperazine rings is 1. The Morgan fingerprint density at radius 2 is 1.67 bits per heavy atom. The maximum Gasteiger partial charge on any atom is 0.328 e. The van der Waals surface area contributed by atoms with Crippen LogP contribution >= 0.6 is 11.6 Å². The van der Waals surface area contributed by atoms with E-state index in [1.54, 1.807) is 15.8 Å². The van der Waals surface area contributed by atoms with E-state index in [-0.39, 0.29) is 11.9 Å². The summed E-state index contributed by atoms with van der Waals surface area (Å²) in [5, 5.41) is 7.23. The molecule has 0 radical (unpaired) electrons. The second-order valence-corrected chi connectivity index (χ2v) is 14.5. The number of rotatable bonds is 8. The van der Waals surface area contributed by atoms with Crippen LogP contribution in [0.2, 0.25) is 5.02 Å². The van der Waals surface area contributed by atoms with Crippen LogP contribution in [0.4, 0.5) is 21.9 Å². The first kappa shape index (κ1) is 34.0. The van der Waals surface area contributed by atoms with Crippen LogP contribution < -0.4 is 24.8 Å². The predicted molar refractivity (Wildman–Crippen MR) is 202 cm³/mol. The van der Waals surface area contributed by atoms with Crippen molar-refractivity contribution in [3.05, 3.63) is 71.6 Å². The van der Waals surface area contributed by atoms with Gasteiger partial charge in [-0.15, -0.1) is 0 Å². The normalized spacial score (nSPS) is 19.1. The molecule has 0 aliphatic carbocycles. The van der Waals surface area contributed by atoms with Crippen molar-refractivity contribution in [2.45, 2.75) is 39.2 Å². The number of carbonyl (C=O) groups is 2. The first-order chi connectivity index (χ1) is 25.2. The van der Waals surface area contributed by atoms with Crippen molar-refractivity contribution in [3.8, 4) is 22.9 Å². The van der Waals surface area contributed by atoms with Gasteiger partial charge >= 0.3 is 6.03 Å². The minimum atomic E-state index is -0.349. The number of aromatic nitrogens is 5. The van der Waals surface area contributed by atoms with E-state index in [1.165, 1.54) is 11.4 Å². The number of benzene rings is 2. The summed E-state index contributed by atoms with van der Waals surface area (Å²) < 4.78 is 8.09. The minimum absolute atomic E-state index is 0.217. The zero-order valence-electron chi connectivity index (χ0n) is 29.7. The molecule has 2 aromatic carbocycles. The molecule has 8 rings (SSSR count). The van der Waals surface area contributed by atoms with Crippen LogP contribution in [0.1, 0.15) is 31.9 Å². The van der Waals surface area contributed by atoms with Gasteiger partial charge in [-0.05, 0) is 81.1 Å². The third-order valence-corrected chi connectivity index (χ3v) is 10.8. The summed E-state index contributed by atoms with van der Waals surface area (Å²) >= 11 is 6.58. The Hall–Kier alpha value is -5.14. The fraction of sp³-hybridized carbons (Fsp3) is 0.395. The minimum Gasteiger partial charge on any atom is -0.453 e. The number of amides is 3. The molecule has 13 nitrogen and oxygen atoms in total. The van der Waals surface area contributed by atoms with Crippen molar-refractivity contribution in [2.75, 3.05) is 60.5 Å². The highest BCUT2D eigenvalue weighted by Crippen LogP contribution is 2.37. The molecule has 3 saturated heterocycles. The Kier molecular flexibility index (Phi) is 9.22. The molecule has 52 heavy (non-hydrogen) atoms. The van der Waals surface area contributed by atoms with Gasteiger partial charge in [-0.25, -0.2) is 14.8 Å². The number of hydrogen-bond donors (Lipinski definition) is 2. The molecule has 0 saturated carbocycles.